The summed E-state index contributed by atoms with van der Waals surface area (Å²) in [7, 11) is 0. The fraction of sp³-hybridized carbons (Fsp3) is 0.500. The maximum atomic E-state index is 9.31. The summed E-state index contributed by atoms with van der Waals surface area (Å²) >= 11 is 0. The number of aryl methyl sites for hydroxylation is 1. The van der Waals surface area contributed by atoms with Gasteiger partial charge in [-0.2, -0.15) is 5.10 Å². The minimum Gasteiger partial charge on any atom is -0.387 e. The van der Waals surface area contributed by atoms with Gasteiger partial charge in [0.05, 0.1) is 25.0 Å². The zero-order valence-corrected chi connectivity index (χ0v) is 9.41. The SMILES string of the molecule is CCn1cc(Cn2cc(C(C)O)nn2)cn1. The lowest BCUT2D eigenvalue weighted by atomic mass is 10.3. The molecule has 6 nitrogen and oxygen atoms in total. The van der Waals surface area contributed by atoms with Crippen molar-refractivity contribution in [2.24, 2.45) is 0 Å². The Kier molecular flexibility index (Phi) is 3.00. The summed E-state index contributed by atoms with van der Waals surface area (Å²) in [6.45, 7) is 5.19. The highest BCUT2D eigenvalue weighted by Gasteiger charge is 2.07. The number of hydrogen-bond donors (Lipinski definition) is 1. The van der Waals surface area contributed by atoms with Crippen LogP contribution in [0.3, 0.4) is 0 Å². The molecule has 0 spiro atoms. The van der Waals surface area contributed by atoms with Crippen LogP contribution in [-0.2, 0) is 13.1 Å². The molecule has 0 saturated carbocycles. The Bertz CT molecular complexity index is 459. The van der Waals surface area contributed by atoms with Gasteiger partial charge in [0, 0.05) is 18.3 Å². The topological polar surface area (TPSA) is 68.8 Å². The minimum atomic E-state index is -0.577. The van der Waals surface area contributed by atoms with Crippen LogP contribution in [0.2, 0.25) is 0 Å². The quantitative estimate of drug-likeness (QED) is 0.820. The molecule has 1 atom stereocenters. The monoisotopic (exact) mass is 221 g/mol. The lowest BCUT2D eigenvalue weighted by Crippen LogP contribution is -1.99. The second-order valence-corrected chi connectivity index (χ2v) is 3.72. The number of nitrogens with zero attached hydrogens (tertiary/aromatic N) is 5. The van der Waals surface area contributed by atoms with Gasteiger partial charge in [-0.1, -0.05) is 5.21 Å². The average molecular weight is 221 g/mol. The van der Waals surface area contributed by atoms with Crippen LogP contribution in [0.5, 0.6) is 0 Å². The van der Waals surface area contributed by atoms with E-state index in [4.69, 9.17) is 0 Å². The van der Waals surface area contributed by atoms with E-state index in [1.165, 1.54) is 0 Å². The first-order chi connectivity index (χ1) is 7.69. The first kappa shape index (κ1) is 10.8. The van der Waals surface area contributed by atoms with Crippen LogP contribution in [0.15, 0.2) is 18.6 Å². The van der Waals surface area contributed by atoms with Gasteiger partial charge in [0.25, 0.3) is 0 Å². The van der Waals surface area contributed by atoms with E-state index >= 15 is 0 Å². The van der Waals surface area contributed by atoms with E-state index in [1.54, 1.807) is 17.8 Å². The van der Waals surface area contributed by atoms with Crippen molar-refractivity contribution < 1.29 is 5.11 Å². The van der Waals surface area contributed by atoms with Crippen LogP contribution < -0.4 is 0 Å². The number of rotatable bonds is 4. The van der Waals surface area contributed by atoms with Crippen LogP contribution in [0.25, 0.3) is 0 Å². The highest BCUT2D eigenvalue weighted by atomic mass is 16.3. The highest BCUT2D eigenvalue weighted by molar-refractivity contribution is 5.05. The van der Waals surface area contributed by atoms with Gasteiger partial charge >= 0.3 is 0 Å². The van der Waals surface area contributed by atoms with E-state index in [1.807, 2.05) is 24.0 Å². The van der Waals surface area contributed by atoms with Crippen molar-refractivity contribution in [2.45, 2.75) is 33.0 Å². The van der Waals surface area contributed by atoms with E-state index in [9.17, 15) is 5.11 Å². The molecule has 2 aromatic heterocycles. The van der Waals surface area contributed by atoms with E-state index in [-0.39, 0.29) is 0 Å². The van der Waals surface area contributed by atoms with Gasteiger partial charge in [-0.05, 0) is 13.8 Å². The van der Waals surface area contributed by atoms with Crippen molar-refractivity contribution >= 4 is 0 Å². The first-order valence-electron chi connectivity index (χ1n) is 5.28. The Hall–Kier alpha value is -1.69. The van der Waals surface area contributed by atoms with Crippen LogP contribution in [0.1, 0.15) is 31.2 Å². The van der Waals surface area contributed by atoms with Gasteiger partial charge in [-0.15, -0.1) is 5.10 Å². The van der Waals surface area contributed by atoms with Crippen molar-refractivity contribution in [1.29, 1.82) is 0 Å². The Labute approximate surface area is 93.5 Å². The smallest absolute Gasteiger partial charge is 0.111 e. The van der Waals surface area contributed by atoms with Crippen molar-refractivity contribution in [3.63, 3.8) is 0 Å². The number of aromatic nitrogens is 5. The second kappa shape index (κ2) is 4.44. The van der Waals surface area contributed by atoms with E-state index in [0.29, 0.717) is 12.2 Å². The predicted octanol–water partition coefficient (Wildman–Crippen LogP) is 0.596. The number of aliphatic hydroxyl groups is 1. The summed E-state index contributed by atoms with van der Waals surface area (Å²) in [5.41, 5.74) is 1.66. The number of aliphatic hydroxyl groups excluding tert-OH is 1. The maximum absolute atomic E-state index is 9.31. The van der Waals surface area contributed by atoms with Gasteiger partial charge in [0.1, 0.15) is 5.69 Å². The van der Waals surface area contributed by atoms with Crippen molar-refractivity contribution in [2.75, 3.05) is 0 Å². The van der Waals surface area contributed by atoms with Crippen LogP contribution >= 0.6 is 0 Å². The Morgan fingerprint density at radius 3 is 2.75 bits per heavy atom. The predicted molar refractivity (Wildman–Crippen MR) is 57.7 cm³/mol. The van der Waals surface area contributed by atoms with Crippen molar-refractivity contribution in [1.82, 2.24) is 24.8 Å². The molecule has 2 rings (SSSR count). The minimum absolute atomic E-state index is 0.577. The molecule has 6 heteroatoms. The summed E-state index contributed by atoms with van der Waals surface area (Å²) in [4.78, 5) is 0. The largest absolute Gasteiger partial charge is 0.387 e. The molecule has 0 bridgehead atoms. The molecule has 0 amide bonds. The zero-order chi connectivity index (χ0) is 11.5. The van der Waals surface area contributed by atoms with Gasteiger partial charge in [-0.25, -0.2) is 4.68 Å². The molecule has 0 aliphatic carbocycles. The Balaban J connectivity index is 2.08. The molecule has 1 N–H and O–H groups in total. The standard InChI is InChI=1S/C10H15N5O/c1-3-14-5-9(4-11-14)6-15-7-10(8(2)16)12-13-15/h4-5,7-8,16H,3,6H2,1-2H3. The molecule has 0 aromatic carbocycles. The van der Waals surface area contributed by atoms with Gasteiger partial charge in [0.15, 0.2) is 0 Å². The summed E-state index contributed by atoms with van der Waals surface area (Å²) < 4.78 is 3.56. The van der Waals surface area contributed by atoms with E-state index < -0.39 is 6.10 Å². The lowest BCUT2D eigenvalue weighted by Gasteiger charge is -1.97. The Morgan fingerprint density at radius 2 is 2.19 bits per heavy atom. The molecular weight excluding hydrogens is 206 g/mol. The van der Waals surface area contributed by atoms with Crippen LogP contribution in [-0.4, -0.2) is 29.9 Å². The molecule has 0 fully saturated rings. The van der Waals surface area contributed by atoms with E-state index in [2.05, 4.69) is 15.4 Å². The summed E-state index contributed by atoms with van der Waals surface area (Å²) in [6.07, 6.45) is 4.96. The van der Waals surface area contributed by atoms with E-state index in [0.717, 1.165) is 12.1 Å². The number of hydrogen-bond acceptors (Lipinski definition) is 4. The molecule has 0 aliphatic heterocycles. The second-order valence-electron chi connectivity index (χ2n) is 3.72. The van der Waals surface area contributed by atoms with Crippen molar-refractivity contribution in [3.8, 4) is 0 Å². The summed E-state index contributed by atoms with van der Waals surface area (Å²) in [6, 6.07) is 0. The molecule has 2 heterocycles. The summed E-state index contributed by atoms with van der Waals surface area (Å²) in [5, 5.41) is 21.3. The third-order valence-corrected chi connectivity index (χ3v) is 2.34. The Morgan fingerprint density at radius 1 is 1.38 bits per heavy atom. The van der Waals surface area contributed by atoms with Crippen LogP contribution in [0, 0.1) is 0 Å². The zero-order valence-electron chi connectivity index (χ0n) is 9.41. The fourth-order valence-electron chi connectivity index (χ4n) is 1.43. The van der Waals surface area contributed by atoms with Gasteiger partial charge in [-0.3, -0.25) is 4.68 Å². The third-order valence-electron chi connectivity index (χ3n) is 2.34. The molecule has 0 aliphatic rings. The summed E-state index contributed by atoms with van der Waals surface area (Å²) in [5.74, 6) is 0. The van der Waals surface area contributed by atoms with Crippen molar-refractivity contribution in [3.05, 3.63) is 29.8 Å². The molecule has 16 heavy (non-hydrogen) atoms. The molecule has 1 unspecified atom stereocenters. The third kappa shape index (κ3) is 2.27. The lowest BCUT2D eigenvalue weighted by molar-refractivity contribution is 0.194. The molecule has 2 aromatic rings. The fourth-order valence-corrected chi connectivity index (χ4v) is 1.43. The molecule has 86 valence electrons. The van der Waals surface area contributed by atoms with Crippen LogP contribution in [0.4, 0.5) is 0 Å². The highest BCUT2D eigenvalue weighted by Crippen LogP contribution is 2.08. The average Bonchev–Trinajstić information content (AvgIpc) is 2.87. The molecule has 0 radical (unpaired) electrons. The molecule has 0 saturated heterocycles. The molecular formula is C10H15N5O. The normalized spacial score (nSPS) is 12.9. The van der Waals surface area contributed by atoms with Gasteiger partial charge in [0.2, 0.25) is 0 Å². The van der Waals surface area contributed by atoms with Gasteiger partial charge < -0.3 is 5.11 Å². The maximum Gasteiger partial charge on any atom is 0.111 e. The first-order valence-corrected chi connectivity index (χ1v) is 5.28.